The van der Waals surface area contributed by atoms with Crippen molar-refractivity contribution in [3.8, 4) is 17.1 Å². The van der Waals surface area contributed by atoms with Gasteiger partial charge in [0.05, 0.1) is 0 Å². The maximum atomic E-state index is 13.1. The molecule has 1 heterocycles. The first-order valence-corrected chi connectivity index (χ1v) is 5.31. The van der Waals surface area contributed by atoms with E-state index in [0.29, 0.717) is 24.4 Å². The average Bonchev–Trinajstić information content (AvgIpc) is 2.79. The van der Waals surface area contributed by atoms with Crippen molar-refractivity contribution in [3.63, 3.8) is 0 Å². The van der Waals surface area contributed by atoms with E-state index < -0.39 is 5.82 Å². The molecule has 4 N–H and O–H groups in total. The number of aromatic hydroxyl groups is 1. The molecule has 1 aromatic carbocycles. The third-order valence-corrected chi connectivity index (χ3v) is 2.36. The Balaban J connectivity index is 2.21. The summed E-state index contributed by atoms with van der Waals surface area (Å²) in [6.45, 7) is 0.587. The Hall–Kier alpha value is -1.95. The highest BCUT2D eigenvalue weighted by Crippen LogP contribution is 2.22. The van der Waals surface area contributed by atoms with Gasteiger partial charge in [-0.1, -0.05) is 0 Å². The zero-order chi connectivity index (χ0) is 12.3. The second-order valence-electron chi connectivity index (χ2n) is 3.66. The van der Waals surface area contributed by atoms with E-state index in [9.17, 15) is 4.39 Å². The van der Waals surface area contributed by atoms with Gasteiger partial charge in [-0.2, -0.15) is 5.10 Å². The number of halogens is 1. The van der Waals surface area contributed by atoms with Crippen molar-refractivity contribution in [2.45, 2.75) is 12.8 Å². The van der Waals surface area contributed by atoms with Gasteiger partial charge in [0, 0.05) is 12.0 Å². The Morgan fingerprint density at radius 2 is 2.24 bits per heavy atom. The summed E-state index contributed by atoms with van der Waals surface area (Å²) in [5.74, 6) is 0.0679. The van der Waals surface area contributed by atoms with Crippen LogP contribution in [0.5, 0.6) is 5.75 Å². The third-order valence-electron chi connectivity index (χ3n) is 2.36. The van der Waals surface area contributed by atoms with Crippen LogP contribution in [0.15, 0.2) is 18.2 Å². The number of rotatable bonds is 4. The molecule has 0 aliphatic rings. The first kappa shape index (κ1) is 11.5. The highest BCUT2D eigenvalue weighted by molar-refractivity contribution is 5.56. The number of phenolic OH excluding ortho intramolecular Hbond substituents is 1. The van der Waals surface area contributed by atoms with Gasteiger partial charge in [0.1, 0.15) is 5.82 Å². The highest BCUT2D eigenvalue weighted by Gasteiger charge is 2.08. The molecule has 0 fully saturated rings. The predicted octanol–water partition coefficient (Wildman–Crippen LogP) is 1.21. The van der Waals surface area contributed by atoms with Crippen LogP contribution in [0.25, 0.3) is 11.4 Å². The smallest absolute Gasteiger partial charge is 0.181 e. The summed E-state index contributed by atoms with van der Waals surface area (Å²) < 4.78 is 13.1. The van der Waals surface area contributed by atoms with E-state index in [1.165, 1.54) is 12.1 Å². The Kier molecular flexibility index (Phi) is 3.34. The Labute approximate surface area is 97.5 Å². The lowest BCUT2D eigenvalue weighted by Crippen LogP contribution is -2.01. The Bertz CT molecular complexity index is 512. The first-order chi connectivity index (χ1) is 8.20. The minimum atomic E-state index is -0.684. The molecule has 1 aromatic heterocycles. The third kappa shape index (κ3) is 2.59. The molecule has 5 nitrogen and oxygen atoms in total. The molecule has 0 saturated heterocycles. The van der Waals surface area contributed by atoms with Crippen LogP contribution in [0.2, 0.25) is 0 Å². The number of phenols is 1. The lowest BCUT2D eigenvalue weighted by Gasteiger charge is -1.97. The van der Waals surface area contributed by atoms with Crippen LogP contribution in [-0.2, 0) is 6.42 Å². The van der Waals surface area contributed by atoms with Gasteiger partial charge in [-0.3, -0.25) is 5.10 Å². The van der Waals surface area contributed by atoms with Gasteiger partial charge in [0.25, 0.3) is 0 Å². The quantitative estimate of drug-likeness (QED) is 0.744. The molecule has 17 heavy (non-hydrogen) atoms. The van der Waals surface area contributed by atoms with E-state index in [4.69, 9.17) is 10.8 Å². The molecule has 0 radical (unpaired) electrons. The van der Waals surface area contributed by atoms with Crippen LogP contribution in [0.1, 0.15) is 12.2 Å². The number of aryl methyl sites for hydroxylation is 1. The summed E-state index contributed by atoms with van der Waals surface area (Å²) in [7, 11) is 0. The van der Waals surface area contributed by atoms with E-state index >= 15 is 0 Å². The largest absolute Gasteiger partial charge is 0.505 e. The lowest BCUT2D eigenvalue weighted by atomic mass is 10.2. The van der Waals surface area contributed by atoms with Crippen molar-refractivity contribution in [1.82, 2.24) is 15.2 Å². The minimum absolute atomic E-state index is 0.382. The molecule has 0 bridgehead atoms. The Morgan fingerprint density at radius 3 is 2.94 bits per heavy atom. The van der Waals surface area contributed by atoms with Gasteiger partial charge in [0.2, 0.25) is 0 Å². The molecule has 0 spiro atoms. The van der Waals surface area contributed by atoms with Crippen molar-refractivity contribution >= 4 is 0 Å². The highest BCUT2D eigenvalue weighted by atomic mass is 19.1. The summed E-state index contributed by atoms with van der Waals surface area (Å²) >= 11 is 0. The molecular weight excluding hydrogens is 223 g/mol. The number of nitrogens with two attached hydrogens (primary N) is 1. The van der Waals surface area contributed by atoms with Crippen LogP contribution in [0, 0.1) is 5.82 Å². The zero-order valence-corrected chi connectivity index (χ0v) is 9.15. The van der Waals surface area contributed by atoms with Gasteiger partial charge in [-0.25, -0.2) is 9.37 Å². The van der Waals surface area contributed by atoms with Crippen LogP contribution >= 0.6 is 0 Å². The predicted molar refractivity (Wildman–Crippen MR) is 60.8 cm³/mol. The van der Waals surface area contributed by atoms with Crippen LogP contribution in [-0.4, -0.2) is 26.8 Å². The molecule has 0 saturated carbocycles. The number of nitrogens with one attached hydrogen (secondary N) is 1. The molecule has 2 aromatic rings. The summed E-state index contributed by atoms with van der Waals surface area (Å²) in [5.41, 5.74) is 5.92. The first-order valence-electron chi connectivity index (χ1n) is 5.31. The second-order valence-corrected chi connectivity index (χ2v) is 3.66. The fraction of sp³-hybridized carbons (Fsp3) is 0.273. The van der Waals surface area contributed by atoms with Crippen molar-refractivity contribution < 1.29 is 9.50 Å². The van der Waals surface area contributed by atoms with Gasteiger partial charge in [-0.05, 0) is 31.2 Å². The van der Waals surface area contributed by atoms with Gasteiger partial charge < -0.3 is 10.8 Å². The molecule has 0 unspecified atom stereocenters. The number of aromatic amines is 1. The van der Waals surface area contributed by atoms with E-state index in [0.717, 1.165) is 12.2 Å². The molecule has 90 valence electrons. The lowest BCUT2D eigenvalue weighted by molar-refractivity contribution is 0.432. The van der Waals surface area contributed by atoms with Crippen molar-refractivity contribution in [1.29, 1.82) is 0 Å². The fourth-order valence-electron chi connectivity index (χ4n) is 1.45. The summed E-state index contributed by atoms with van der Waals surface area (Å²) in [6, 6.07) is 4.04. The standard InChI is InChI=1S/C11H13FN4O/c12-8-6-7(3-4-9(8)17)11-14-10(15-16-11)2-1-5-13/h3-4,6,17H,1-2,5,13H2,(H,14,15,16). The molecule has 6 heteroatoms. The maximum Gasteiger partial charge on any atom is 0.181 e. The summed E-state index contributed by atoms with van der Waals surface area (Å²) in [6.07, 6.45) is 1.53. The number of aromatic nitrogens is 3. The average molecular weight is 236 g/mol. The maximum absolute atomic E-state index is 13.1. The number of hydrogen-bond acceptors (Lipinski definition) is 4. The number of hydrogen-bond donors (Lipinski definition) is 3. The molecular formula is C11H13FN4O. The summed E-state index contributed by atoms with van der Waals surface area (Å²) in [4.78, 5) is 4.22. The summed E-state index contributed by atoms with van der Waals surface area (Å²) in [5, 5.41) is 15.8. The molecule has 0 atom stereocenters. The normalized spacial score (nSPS) is 10.7. The van der Waals surface area contributed by atoms with Crippen molar-refractivity contribution in [2.75, 3.05) is 6.54 Å². The van der Waals surface area contributed by atoms with Crippen molar-refractivity contribution in [3.05, 3.63) is 29.8 Å². The fourth-order valence-corrected chi connectivity index (χ4v) is 1.45. The van der Waals surface area contributed by atoms with Gasteiger partial charge in [0.15, 0.2) is 17.4 Å². The number of nitrogens with zero attached hydrogens (tertiary/aromatic N) is 2. The zero-order valence-electron chi connectivity index (χ0n) is 9.15. The van der Waals surface area contributed by atoms with Gasteiger partial charge in [-0.15, -0.1) is 0 Å². The van der Waals surface area contributed by atoms with Crippen LogP contribution in [0.3, 0.4) is 0 Å². The van der Waals surface area contributed by atoms with Gasteiger partial charge >= 0.3 is 0 Å². The van der Waals surface area contributed by atoms with Crippen LogP contribution in [0.4, 0.5) is 4.39 Å². The monoisotopic (exact) mass is 236 g/mol. The number of benzene rings is 1. The molecule has 0 aliphatic carbocycles. The SMILES string of the molecule is NCCCc1nc(-c2ccc(O)c(F)c2)n[nH]1. The molecule has 0 aliphatic heterocycles. The van der Waals surface area contributed by atoms with E-state index in [1.807, 2.05) is 0 Å². The van der Waals surface area contributed by atoms with Crippen molar-refractivity contribution in [2.24, 2.45) is 5.73 Å². The minimum Gasteiger partial charge on any atom is -0.505 e. The second kappa shape index (κ2) is 4.92. The van der Waals surface area contributed by atoms with E-state index in [2.05, 4.69) is 15.2 Å². The van der Waals surface area contributed by atoms with Crippen LogP contribution < -0.4 is 5.73 Å². The molecule has 0 amide bonds. The van der Waals surface area contributed by atoms with E-state index in [1.54, 1.807) is 6.07 Å². The Morgan fingerprint density at radius 1 is 1.41 bits per heavy atom. The molecule has 2 rings (SSSR count). The topological polar surface area (TPSA) is 87.8 Å². The number of H-pyrrole nitrogens is 1. The van der Waals surface area contributed by atoms with E-state index in [-0.39, 0.29) is 5.75 Å².